The highest BCUT2D eigenvalue weighted by Gasteiger charge is 2.22. The molecule has 0 fully saturated rings. The summed E-state index contributed by atoms with van der Waals surface area (Å²) >= 11 is 3.54. The molecule has 16 heteroatoms. The van der Waals surface area contributed by atoms with Crippen molar-refractivity contribution >= 4 is 75.0 Å². The van der Waals surface area contributed by atoms with Crippen LogP contribution in [0.4, 0.5) is 31.5 Å². The lowest BCUT2D eigenvalue weighted by Crippen LogP contribution is -2.35. The van der Waals surface area contributed by atoms with Gasteiger partial charge in [-0.3, -0.25) is 9.59 Å². The number of rotatable bonds is 20. The second-order valence-corrected chi connectivity index (χ2v) is 21.5. The Labute approximate surface area is 455 Å². The van der Waals surface area contributed by atoms with E-state index < -0.39 is 30.7 Å². The van der Waals surface area contributed by atoms with Gasteiger partial charge in [-0.25, -0.2) is 18.4 Å². The SMILES string of the molecule is Cc1ccc(CC(=O)Nc2cc(-c3cc(F)ccc3C(=O)O)ccc2N(CC(C)C)CC(C)C)cc1.Cc1ccc(CC(=O)Nc2cc(Br)ccc2N(CC(C)C)CC(C)C)cc1.O=C(O)c1ccc(F)cc1B(O)O. The Morgan fingerprint density at radius 2 is 0.921 bits per heavy atom. The Morgan fingerprint density at radius 1 is 0.526 bits per heavy atom. The monoisotopic (exact) mass is 1100 g/mol. The number of nitrogens with zero attached hydrogens (tertiary/aromatic N) is 2. The van der Waals surface area contributed by atoms with Crippen molar-refractivity contribution in [3.05, 3.63) is 171 Å². The average Bonchev–Trinajstić information content (AvgIpc) is 3.32. The topological polar surface area (TPSA) is 180 Å². The van der Waals surface area contributed by atoms with Gasteiger partial charge in [-0.15, -0.1) is 0 Å². The van der Waals surface area contributed by atoms with Gasteiger partial charge in [0.2, 0.25) is 11.8 Å². The smallest absolute Gasteiger partial charge is 0.478 e. The van der Waals surface area contributed by atoms with Gasteiger partial charge < -0.3 is 40.7 Å². The fraction of sp³-hybridized carbons (Fsp3) is 0.333. The van der Waals surface area contributed by atoms with Crippen molar-refractivity contribution in [2.75, 3.05) is 46.6 Å². The van der Waals surface area contributed by atoms with E-state index in [0.717, 1.165) is 88.7 Å². The van der Waals surface area contributed by atoms with Gasteiger partial charge in [0.1, 0.15) is 11.6 Å². The zero-order valence-electron chi connectivity index (χ0n) is 45.1. The summed E-state index contributed by atoms with van der Waals surface area (Å²) in [7, 11) is -1.98. The van der Waals surface area contributed by atoms with E-state index in [2.05, 4.69) is 105 Å². The molecule has 0 aliphatic heterocycles. The molecule has 6 aromatic rings. The molecule has 76 heavy (non-hydrogen) atoms. The van der Waals surface area contributed by atoms with Crippen molar-refractivity contribution in [2.45, 2.75) is 82.1 Å². The van der Waals surface area contributed by atoms with Crippen LogP contribution in [0.1, 0.15) is 98.4 Å². The molecule has 6 N–H and O–H groups in total. The maximum absolute atomic E-state index is 14.1. The predicted octanol–water partition coefficient (Wildman–Crippen LogP) is 12.1. The van der Waals surface area contributed by atoms with Crippen LogP contribution < -0.4 is 25.9 Å². The maximum atomic E-state index is 14.1. The number of nitrogens with one attached hydrogen (secondary N) is 2. The summed E-state index contributed by atoms with van der Waals surface area (Å²) in [5, 5.41) is 41.8. The number of aromatic carboxylic acids is 2. The van der Waals surface area contributed by atoms with E-state index in [0.29, 0.717) is 41.3 Å². The molecule has 6 aromatic carbocycles. The predicted molar refractivity (Wildman–Crippen MR) is 307 cm³/mol. The molecular weight excluding hydrogens is 1030 g/mol. The Bertz CT molecular complexity index is 2880. The highest BCUT2D eigenvalue weighted by Crippen LogP contribution is 2.35. The highest BCUT2D eigenvalue weighted by atomic mass is 79.9. The Morgan fingerprint density at radius 3 is 1.33 bits per heavy atom. The van der Waals surface area contributed by atoms with E-state index in [1.807, 2.05) is 73.7 Å². The molecule has 2 amide bonds. The number of aryl methyl sites for hydroxylation is 2. The number of anilines is 4. The van der Waals surface area contributed by atoms with Crippen LogP contribution in [0.15, 0.2) is 126 Å². The van der Waals surface area contributed by atoms with Crippen molar-refractivity contribution in [1.82, 2.24) is 0 Å². The van der Waals surface area contributed by atoms with Gasteiger partial charge in [0.15, 0.2) is 0 Å². The number of amides is 2. The maximum Gasteiger partial charge on any atom is 0.489 e. The van der Waals surface area contributed by atoms with Crippen molar-refractivity contribution in [1.29, 1.82) is 0 Å². The van der Waals surface area contributed by atoms with E-state index in [1.165, 1.54) is 17.7 Å². The third-order valence-electron chi connectivity index (χ3n) is 11.5. The number of carboxylic acids is 2. The number of carboxylic acid groups (broad SMARTS) is 2. The van der Waals surface area contributed by atoms with Crippen LogP contribution in [0.2, 0.25) is 0 Å². The van der Waals surface area contributed by atoms with Crippen LogP contribution in [-0.2, 0) is 22.4 Å². The molecular formula is C60H72BBrF2N4O8. The summed E-state index contributed by atoms with van der Waals surface area (Å²) in [6, 6.07) is 33.8. The summed E-state index contributed by atoms with van der Waals surface area (Å²) in [4.78, 5) is 52.7. The minimum absolute atomic E-state index is 0.00213. The first-order chi connectivity index (χ1) is 35.8. The molecule has 0 aromatic heterocycles. The summed E-state index contributed by atoms with van der Waals surface area (Å²) in [6.07, 6.45) is 0.583. The normalized spacial score (nSPS) is 10.9. The van der Waals surface area contributed by atoms with Crippen LogP contribution in [0.25, 0.3) is 11.1 Å². The third kappa shape index (κ3) is 20.0. The van der Waals surface area contributed by atoms with Crippen LogP contribution in [0, 0.1) is 49.2 Å². The van der Waals surface area contributed by atoms with Crippen LogP contribution in [0.3, 0.4) is 0 Å². The minimum atomic E-state index is -1.98. The summed E-state index contributed by atoms with van der Waals surface area (Å²) in [6.45, 7) is 25.0. The molecule has 404 valence electrons. The summed E-state index contributed by atoms with van der Waals surface area (Å²) < 4.78 is 27.6. The zero-order chi connectivity index (χ0) is 56.4. The molecule has 12 nitrogen and oxygen atoms in total. The van der Waals surface area contributed by atoms with E-state index in [9.17, 15) is 33.1 Å². The first kappa shape index (κ1) is 61.7. The number of hydrogen-bond donors (Lipinski definition) is 6. The number of carbonyl (C=O) groups excluding carboxylic acids is 2. The van der Waals surface area contributed by atoms with E-state index in [4.69, 9.17) is 15.2 Å². The molecule has 0 aliphatic carbocycles. The molecule has 0 saturated heterocycles. The number of halogens is 3. The lowest BCUT2D eigenvalue weighted by atomic mass is 9.77. The zero-order valence-corrected chi connectivity index (χ0v) is 46.7. The molecule has 0 atom stereocenters. The Kier molecular flexibility index (Phi) is 23.9. The average molecular weight is 1110 g/mol. The second-order valence-electron chi connectivity index (χ2n) is 20.6. The van der Waals surface area contributed by atoms with Crippen molar-refractivity contribution in [3.63, 3.8) is 0 Å². The van der Waals surface area contributed by atoms with E-state index >= 15 is 0 Å². The molecule has 0 spiro atoms. The van der Waals surface area contributed by atoms with Crippen LogP contribution in [0.5, 0.6) is 0 Å². The number of hydrogen-bond acceptors (Lipinski definition) is 8. The van der Waals surface area contributed by atoms with Gasteiger partial charge in [0.05, 0.1) is 46.7 Å². The van der Waals surface area contributed by atoms with Crippen molar-refractivity contribution in [2.24, 2.45) is 23.7 Å². The number of carbonyl (C=O) groups is 4. The van der Waals surface area contributed by atoms with Gasteiger partial charge in [-0.2, -0.15) is 0 Å². The van der Waals surface area contributed by atoms with Gasteiger partial charge >= 0.3 is 19.1 Å². The first-order valence-corrected chi connectivity index (χ1v) is 26.2. The molecule has 0 bridgehead atoms. The first-order valence-electron chi connectivity index (χ1n) is 25.4. The summed E-state index contributed by atoms with van der Waals surface area (Å²) in [5.74, 6) is -2.01. The minimum Gasteiger partial charge on any atom is -0.478 e. The van der Waals surface area contributed by atoms with Gasteiger partial charge in [-0.1, -0.05) is 137 Å². The van der Waals surface area contributed by atoms with E-state index in [1.54, 1.807) is 12.1 Å². The molecule has 0 aliphatic rings. The van der Waals surface area contributed by atoms with Crippen LogP contribution in [-0.4, -0.2) is 77.3 Å². The lowest BCUT2D eigenvalue weighted by Gasteiger charge is -2.31. The molecule has 0 saturated carbocycles. The fourth-order valence-electron chi connectivity index (χ4n) is 8.32. The largest absolute Gasteiger partial charge is 0.489 e. The summed E-state index contributed by atoms with van der Waals surface area (Å²) in [5.41, 5.74) is 7.73. The van der Waals surface area contributed by atoms with Gasteiger partial charge in [-0.05, 0) is 132 Å². The molecule has 0 heterocycles. The van der Waals surface area contributed by atoms with Crippen molar-refractivity contribution in [3.8, 4) is 11.1 Å². The highest BCUT2D eigenvalue weighted by molar-refractivity contribution is 9.10. The molecule has 6 rings (SSSR count). The van der Waals surface area contributed by atoms with Crippen LogP contribution >= 0.6 is 15.9 Å². The standard InChI is InChI=1S/C30H35FN2O3.C23H31BrN2O.C7H6BFO4/c1-19(2)17-33(18-20(3)4)28-13-10-23(26-16-24(31)11-12-25(26)30(35)36)15-27(28)32-29(34)14-22-8-6-21(5)7-9-22;1-16(2)14-26(15-17(3)4)22-11-10-20(24)13-21(22)25-23(27)12-19-8-6-18(5)7-9-19;9-4-1-2-5(7(10)11)6(3-4)8(12)13/h6-13,15-16,19-20H,14,17-18H2,1-5H3,(H,32,34)(H,35,36);6-11,13,16-17H,12,14-15H2,1-5H3,(H,25,27);1-3,12-13H,(H,10,11). The molecule has 0 unspecified atom stereocenters. The molecule has 0 radical (unpaired) electrons. The Hall–Kier alpha value is -6.88. The fourth-order valence-corrected chi connectivity index (χ4v) is 8.69. The van der Waals surface area contributed by atoms with E-state index in [-0.39, 0.29) is 40.4 Å². The van der Waals surface area contributed by atoms with Gasteiger partial charge in [0, 0.05) is 30.7 Å². The lowest BCUT2D eigenvalue weighted by molar-refractivity contribution is -0.116. The number of benzene rings is 6. The van der Waals surface area contributed by atoms with Crippen molar-refractivity contribution < 1.29 is 48.2 Å². The van der Waals surface area contributed by atoms with Gasteiger partial charge in [0.25, 0.3) is 0 Å². The Balaban J connectivity index is 0.000000273. The third-order valence-corrected chi connectivity index (χ3v) is 12.0. The second kappa shape index (κ2) is 29.4. The quantitative estimate of drug-likeness (QED) is 0.0403.